The second-order valence-electron chi connectivity index (χ2n) is 29.7. The molecule has 0 fully saturated rings. The van der Waals surface area contributed by atoms with E-state index in [9.17, 15) is 27.6 Å². The minimum Gasteiger partial charge on any atom is -0.488 e. The third kappa shape index (κ3) is 23.7. The first-order valence-corrected chi connectivity index (χ1v) is 34.9. The van der Waals surface area contributed by atoms with Gasteiger partial charge in [-0.05, 0) is 262 Å². The van der Waals surface area contributed by atoms with Crippen LogP contribution in [0.15, 0.2) is 99.8 Å². The Kier molecular flexibility index (Phi) is 25.8. The van der Waals surface area contributed by atoms with Gasteiger partial charge < -0.3 is 51.1 Å². The average Bonchev–Trinajstić information content (AvgIpc) is 0.749. The van der Waals surface area contributed by atoms with E-state index >= 15 is 4.79 Å². The standard InChI is InChI=1S/C74H106N10O12S/c1-45-46(2)62(47(3)57-37-38-74(17,18)94-61(45)57)97(90,91)83-66(77)78-40-24-28-60(63(76)85)84(48(4)51-32-31-50-25-21-22-27-52(50)42-51)65(87)59(80-64(86)58(75)41-49-29-34-55(35-30-49)92-70(5,6)7)44-54-33-36-56(93-71(8,9)10)43-53(54)26-20-19-23-39-79-67(81-68(88)95-72(11,12)13)82-69(89)96-73(14,15)16/h21-22,25,27,29-36,42-43,48,58-60H,19-20,23-24,26,28,37-41,44,75H2,1-18H3,(H2,76,85)(H,80,86)(H3,77,78,83)(H2,79,81,82,88,89)/t48-,58+,59+,60+/m1/s1. The summed E-state index contributed by atoms with van der Waals surface area (Å²) in [5.74, 6) is -0.681. The second kappa shape index (κ2) is 32.3. The van der Waals surface area contributed by atoms with Crippen LogP contribution >= 0.6 is 0 Å². The van der Waals surface area contributed by atoms with Crippen LogP contribution in [-0.2, 0) is 59.6 Å². The SMILES string of the molecule is Cc1c(C)c(S(=O)(=O)NC(N)=NCCC[C@@H](C(N)=O)N(C(=O)[C@H](Cc2ccc(OC(C)(C)C)cc2CCCCCN=C(NC(=O)OC(C)(C)C)NC(=O)OC(C)(C)C)NC(=O)[C@@H](N)Cc2ccc(OC(C)(C)C)cc2)[C@H](C)c2ccc3ccccc3c2)c(C)c2c1OC(C)(C)CC2. The number of aliphatic imine (C=N–C) groups is 2. The maximum absolute atomic E-state index is 16.2. The molecule has 0 aromatic heterocycles. The number of carbonyl (C=O) groups excluding carboxylic acids is 5. The van der Waals surface area contributed by atoms with Crippen molar-refractivity contribution in [2.45, 2.75) is 246 Å². The molecule has 530 valence electrons. The number of benzene rings is 5. The highest BCUT2D eigenvalue weighted by atomic mass is 32.2. The molecule has 0 unspecified atom stereocenters. The van der Waals surface area contributed by atoms with Crippen molar-refractivity contribution in [3.8, 4) is 17.2 Å². The van der Waals surface area contributed by atoms with Crippen molar-refractivity contribution in [2.75, 3.05) is 13.1 Å². The monoisotopic (exact) mass is 1360 g/mol. The van der Waals surface area contributed by atoms with E-state index in [-0.39, 0.29) is 55.6 Å². The van der Waals surface area contributed by atoms with E-state index in [1.54, 1.807) is 62.3 Å². The van der Waals surface area contributed by atoms with E-state index in [1.165, 1.54) is 4.90 Å². The zero-order valence-electron chi connectivity index (χ0n) is 60.3. The number of hydrogen-bond donors (Lipinski definition) is 7. The molecule has 4 atom stereocenters. The van der Waals surface area contributed by atoms with Crippen LogP contribution in [0.4, 0.5) is 9.59 Å². The highest BCUT2D eigenvalue weighted by molar-refractivity contribution is 7.90. The summed E-state index contributed by atoms with van der Waals surface area (Å²) in [7, 11) is -4.25. The first-order chi connectivity index (χ1) is 45.0. The number of guanidine groups is 2. The van der Waals surface area contributed by atoms with Gasteiger partial charge in [-0.1, -0.05) is 61.0 Å². The van der Waals surface area contributed by atoms with Crippen LogP contribution < -0.4 is 52.1 Å². The fourth-order valence-electron chi connectivity index (χ4n) is 11.5. The minimum atomic E-state index is -4.25. The molecular weight excluding hydrogens is 1250 g/mol. The number of aryl methyl sites for hydroxylation is 1. The van der Waals surface area contributed by atoms with Gasteiger partial charge in [0.05, 0.1) is 17.0 Å². The van der Waals surface area contributed by atoms with Gasteiger partial charge >= 0.3 is 12.2 Å². The van der Waals surface area contributed by atoms with Gasteiger partial charge in [-0.3, -0.25) is 35.0 Å². The number of sulfonamides is 1. The van der Waals surface area contributed by atoms with Crippen molar-refractivity contribution >= 4 is 62.6 Å². The van der Waals surface area contributed by atoms with Gasteiger partial charge in [0.1, 0.15) is 57.3 Å². The minimum absolute atomic E-state index is 0.0417. The summed E-state index contributed by atoms with van der Waals surface area (Å²) < 4.78 is 60.5. The van der Waals surface area contributed by atoms with E-state index in [4.69, 9.17) is 40.9 Å². The molecule has 10 N–H and O–H groups in total. The lowest BCUT2D eigenvalue weighted by Crippen LogP contribution is -2.58. The number of nitrogens with one attached hydrogen (secondary N) is 4. The fraction of sp³-hybridized carbons (Fsp3) is 0.527. The molecule has 0 aliphatic carbocycles. The Morgan fingerprint density at radius 2 is 1.26 bits per heavy atom. The van der Waals surface area contributed by atoms with Gasteiger partial charge in [0.2, 0.25) is 29.6 Å². The van der Waals surface area contributed by atoms with Crippen molar-refractivity contribution in [1.82, 2.24) is 25.6 Å². The third-order valence-corrected chi connectivity index (χ3v) is 17.7. The Morgan fingerprint density at radius 3 is 1.86 bits per heavy atom. The first kappa shape index (κ1) is 77.6. The molecule has 1 aliphatic heterocycles. The number of alkyl carbamates (subject to hydrolysis) is 2. The Balaban J connectivity index is 1.35. The zero-order chi connectivity index (χ0) is 72.2. The summed E-state index contributed by atoms with van der Waals surface area (Å²) in [6, 6.07) is 21.8. The van der Waals surface area contributed by atoms with Crippen LogP contribution in [-0.4, -0.2) is 114 Å². The highest BCUT2D eigenvalue weighted by Gasteiger charge is 2.39. The van der Waals surface area contributed by atoms with Gasteiger partial charge in [-0.2, -0.15) is 0 Å². The predicted octanol–water partition coefficient (Wildman–Crippen LogP) is 11.5. The van der Waals surface area contributed by atoms with Crippen LogP contribution in [0.3, 0.4) is 0 Å². The average molecular weight is 1360 g/mol. The normalized spacial score (nSPS) is 14.7. The lowest BCUT2D eigenvalue weighted by atomic mass is 9.88. The number of ether oxygens (including phenoxy) is 5. The van der Waals surface area contributed by atoms with Crippen molar-refractivity contribution in [1.29, 1.82) is 0 Å². The molecule has 5 aromatic carbocycles. The van der Waals surface area contributed by atoms with Crippen molar-refractivity contribution in [3.05, 3.63) is 129 Å². The number of carbonyl (C=O) groups is 5. The molecule has 0 bridgehead atoms. The maximum Gasteiger partial charge on any atom is 0.414 e. The van der Waals surface area contributed by atoms with Crippen molar-refractivity contribution in [2.24, 2.45) is 27.2 Å². The van der Waals surface area contributed by atoms with Crippen LogP contribution in [0.25, 0.3) is 10.8 Å². The molecule has 6 rings (SSSR count). The summed E-state index contributed by atoms with van der Waals surface area (Å²) in [5.41, 5.74) is 22.1. The van der Waals surface area contributed by atoms with Crippen LogP contribution in [0.5, 0.6) is 17.2 Å². The number of nitrogens with two attached hydrogens (primary N) is 3. The molecule has 5 amide bonds. The second-order valence-corrected chi connectivity index (χ2v) is 31.3. The smallest absolute Gasteiger partial charge is 0.414 e. The number of amides is 5. The van der Waals surface area contributed by atoms with Crippen molar-refractivity contribution in [3.63, 3.8) is 0 Å². The molecule has 0 spiro atoms. The molecule has 0 saturated heterocycles. The third-order valence-electron chi connectivity index (χ3n) is 16.1. The van der Waals surface area contributed by atoms with E-state index < -0.39 is 92.1 Å². The molecule has 22 nitrogen and oxygen atoms in total. The number of nitrogens with zero attached hydrogens (tertiary/aromatic N) is 3. The molecule has 5 aromatic rings. The Bertz CT molecular complexity index is 3770. The maximum atomic E-state index is 16.2. The Labute approximate surface area is 574 Å². The van der Waals surface area contributed by atoms with Crippen molar-refractivity contribution < 1.29 is 56.1 Å². The lowest BCUT2D eigenvalue weighted by molar-refractivity contribution is -0.145. The summed E-state index contributed by atoms with van der Waals surface area (Å²) in [4.78, 5) is 81.3. The van der Waals surface area contributed by atoms with E-state index in [0.29, 0.717) is 78.0 Å². The van der Waals surface area contributed by atoms with E-state index in [2.05, 4.69) is 30.7 Å². The van der Waals surface area contributed by atoms with Crippen LogP contribution in [0.1, 0.15) is 193 Å². The Morgan fingerprint density at radius 1 is 0.670 bits per heavy atom. The van der Waals surface area contributed by atoms with Gasteiger partial charge in [-0.15, -0.1) is 0 Å². The molecular formula is C74H106N10O12S. The summed E-state index contributed by atoms with van der Waals surface area (Å²) in [6.07, 6.45) is 2.05. The number of fused-ring (bicyclic) bond motifs is 2. The molecule has 23 heteroatoms. The summed E-state index contributed by atoms with van der Waals surface area (Å²) >= 11 is 0. The van der Waals surface area contributed by atoms with Crippen LogP contribution in [0.2, 0.25) is 0 Å². The van der Waals surface area contributed by atoms with Gasteiger partial charge in [0.15, 0.2) is 0 Å². The summed E-state index contributed by atoms with van der Waals surface area (Å²) in [6.45, 7) is 33.2. The number of primary amides is 1. The number of rotatable bonds is 25. The molecule has 0 radical (unpaired) electrons. The zero-order valence-corrected chi connectivity index (χ0v) is 61.1. The van der Waals surface area contributed by atoms with E-state index in [1.807, 2.05) is 147 Å². The lowest BCUT2D eigenvalue weighted by Gasteiger charge is -2.38. The fourth-order valence-corrected chi connectivity index (χ4v) is 13.1. The Hall–Kier alpha value is -8.44. The number of hydrogen-bond acceptors (Lipinski definition) is 15. The van der Waals surface area contributed by atoms with E-state index in [0.717, 1.165) is 33.0 Å². The molecule has 0 saturated carbocycles. The molecule has 1 heterocycles. The quantitative estimate of drug-likeness (QED) is 0.0162. The predicted molar refractivity (Wildman–Crippen MR) is 381 cm³/mol. The first-order valence-electron chi connectivity index (χ1n) is 33.4. The molecule has 97 heavy (non-hydrogen) atoms. The molecule has 1 aliphatic rings. The summed E-state index contributed by atoms with van der Waals surface area (Å²) in [5, 5.41) is 9.92. The number of unbranched alkanes of at least 4 members (excludes halogenated alkanes) is 2. The topological polar surface area (TPSA) is 320 Å². The van der Waals surface area contributed by atoms with Gasteiger partial charge in [0.25, 0.3) is 10.0 Å². The largest absolute Gasteiger partial charge is 0.488 e. The van der Waals surface area contributed by atoms with Gasteiger partial charge in [0, 0.05) is 19.5 Å². The van der Waals surface area contributed by atoms with Gasteiger partial charge in [-0.25, -0.2) is 22.7 Å². The highest BCUT2D eigenvalue weighted by Crippen LogP contribution is 2.42. The van der Waals surface area contributed by atoms with Crippen LogP contribution in [0, 0.1) is 20.8 Å².